The van der Waals surface area contributed by atoms with Crippen molar-refractivity contribution in [3.63, 3.8) is 0 Å². The molecule has 2 N–H and O–H groups in total. The predicted molar refractivity (Wildman–Crippen MR) is 89.7 cm³/mol. The Morgan fingerprint density at radius 1 is 1.23 bits per heavy atom. The van der Waals surface area contributed by atoms with Crippen molar-refractivity contribution in [3.8, 4) is 0 Å². The number of nitrogens with zero attached hydrogens (tertiary/aromatic N) is 1. The summed E-state index contributed by atoms with van der Waals surface area (Å²) >= 11 is 0. The topological polar surface area (TPSA) is 79.9 Å². The summed E-state index contributed by atoms with van der Waals surface area (Å²) in [6, 6.07) is 0. The Morgan fingerprint density at radius 2 is 1.86 bits per heavy atom. The third-order valence-electron chi connectivity index (χ3n) is 3.67. The summed E-state index contributed by atoms with van der Waals surface area (Å²) in [4.78, 5) is 0. The summed E-state index contributed by atoms with van der Waals surface area (Å²) in [7, 11) is -0.344. The Morgan fingerprint density at radius 3 is 2.36 bits per heavy atom. The molecule has 1 rings (SSSR count). The van der Waals surface area contributed by atoms with Crippen LogP contribution in [0.5, 0.6) is 0 Å². The minimum atomic E-state index is -3.46. The third-order valence-corrected chi connectivity index (χ3v) is 5.28. The van der Waals surface area contributed by atoms with Crippen molar-refractivity contribution in [2.75, 3.05) is 60.2 Å². The van der Waals surface area contributed by atoms with Crippen molar-refractivity contribution in [3.05, 3.63) is 0 Å². The van der Waals surface area contributed by atoms with Crippen LogP contribution in [0.25, 0.3) is 0 Å². The van der Waals surface area contributed by atoms with Gasteiger partial charge in [-0.2, -0.15) is 12.7 Å². The van der Waals surface area contributed by atoms with Crippen molar-refractivity contribution >= 4 is 22.6 Å². The summed E-state index contributed by atoms with van der Waals surface area (Å²) in [5.41, 5.74) is 0. The monoisotopic (exact) mass is 359 g/mol. The van der Waals surface area contributed by atoms with Gasteiger partial charge in [-0.15, -0.1) is 12.4 Å². The first kappa shape index (κ1) is 22.0. The van der Waals surface area contributed by atoms with Gasteiger partial charge in [0.05, 0.1) is 13.2 Å². The van der Waals surface area contributed by atoms with Crippen LogP contribution < -0.4 is 10.0 Å². The molecular weight excluding hydrogens is 330 g/mol. The second kappa shape index (κ2) is 12.5. The van der Waals surface area contributed by atoms with Crippen molar-refractivity contribution in [2.24, 2.45) is 5.92 Å². The fourth-order valence-corrected chi connectivity index (χ4v) is 3.58. The highest BCUT2D eigenvalue weighted by atomic mass is 35.5. The molecule has 0 radical (unpaired) electrons. The molecule has 0 aliphatic carbocycles. The average Bonchev–Trinajstić information content (AvgIpc) is 2.48. The highest BCUT2D eigenvalue weighted by Crippen LogP contribution is 2.13. The molecule has 0 spiro atoms. The first-order valence-electron chi connectivity index (χ1n) is 7.53. The molecule has 0 aromatic carbocycles. The molecule has 0 aromatic heterocycles. The number of hydrogen-bond donors (Lipinski definition) is 2. The van der Waals surface area contributed by atoms with E-state index in [4.69, 9.17) is 9.47 Å². The number of halogens is 1. The zero-order valence-electron chi connectivity index (χ0n) is 13.5. The van der Waals surface area contributed by atoms with Gasteiger partial charge in [-0.25, -0.2) is 4.72 Å². The van der Waals surface area contributed by atoms with Crippen molar-refractivity contribution < 1.29 is 17.9 Å². The van der Waals surface area contributed by atoms with Crippen molar-refractivity contribution in [1.82, 2.24) is 14.3 Å². The van der Waals surface area contributed by atoms with Crippen molar-refractivity contribution in [2.45, 2.75) is 19.3 Å². The molecule has 9 heteroatoms. The zero-order valence-corrected chi connectivity index (χ0v) is 15.2. The number of hydrogen-bond acceptors (Lipinski definition) is 5. The Balaban J connectivity index is 0.00000441. The van der Waals surface area contributed by atoms with Gasteiger partial charge < -0.3 is 14.8 Å². The number of ether oxygens (including phenoxy) is 2. The van der Waals surface area contributed by atoms with Gasteiger partial charge in [-0.3, -0.25) is 0 Å². The molecule has 1 atom stereocenters. The maximum absolute atomic E-state index is 12.3. The van der Waals surface area contributed by atoms with Gasteiger partial charge in [-0.05, 0) is 38.3 Å². The fourth-order valence-electron chi connectivity index (χ4n) is 2.39. The smallest absolute Gasteiger partial charge is 0.279 e. The Hall–Kier alpha value is 0.0400. The maximum atomic E-state index is 12.3. The highest BCUT2D eigenvalue weighted by molar-refractivity contribution is 7.87. The largest absolute Gasteiger partial charge is 0.383 e. The Labute approximate surface area is 140 Å². The predicted octanol–water partition coefficient (Wildman–Crippen LogP) is 0.227. The van der Waals surface area contributed by atoms with E-state index in [0.29, 0.717) is 38.8 Å². The van der Waals surface area contributed by atoms with E-state index in [9.17, 15) is 8.42 Å². The third kappa shape index (κ3) is 8.61. The Bertz CT molecular complexity index is 356. The molecule has 1 heterocycles. The van der Waals surface area contributed by atoms with E-state index in [1.807, 2.05) is 0 Å². The van der Waals surface area contributed by atoms with Gasteiger partial charge in [-0.1, -0.05) is 0 Å². The van der Waals surface area contributed by atoms with E-state index >= 15 is 0 Å². The Kier molecular flexibility index (Phi) is 12.5. The fraction of sp³-hybridized carbons (Fsp3) is 1.00. The summed E-state index contributed by atoms with van der Waals surface area (Å²) in [5.74, 6) is 0.563. The standard InChI is InChI=1S/C13H29N3O4S.ClH/c1-19-10-8-16(9-11-20-2)21(17,18)15-7-5-13-4-3-6-14-12-13;/h13-15H,3-12H2,1-2H3;1H. The second-order valence-corrected chi connectivity index (χ2v) is 7.04. The van der Waals surface area contributed by atoms with Crippen LogP contribution in [0.15, 0.2) is 0 Å². The molecule has 7 nitrogen and oxygen atoms in total. The maximum Gasteiger partial charge on any atom is 0.279 e. The molecular formula is C13H30ClN3O4S. The minimum absolute atomic E-state index is 0. The van der Waals surface area contributed by atoms with Crippen LogP contribution in [0, 0.1) is 5.92 Å². The molecule has 1 unspecified atom stereocenters. The van der Waals surface area contributed by atoms with Crippen molar-refractivity contribution in [1.29, 1.82) is 0 Å². The van der Waals surface area contributed by atoms with Crippen LogP contribution >= 0.6 is 12.4 Å². The number of piperidine rings is 1. The van der Waals surface area contributed by atoms with E-state index in [0.717, 1.165) is 19.5 Å². The quantitative estimate of drug-likeness (QED) is 0.552. The van der Waals surface area contributed by atoms with Gasteiger partial charge in [0, 0.05) is 33.9 Å². The molecule has 22 heavy (non-hydrogen) atoms. The lowest BCUT2D eigenvalue weighted by atomic mass is 9.96. The van der Waals surface area contributed by atoms with Crippen LogP contribution in [0.2, 0.25) is 0 Å². The van der Waals surface area contributed by atoms with Gasteiger partial charge >= 0.3 is 0 Å². The molecule has 134 valence electrons. The second-order valence-electron chi connectivity index (χ2n) is 5.29. The van der Waals surface area contributed by atoms with Crippen LogP contribution in [0.1, 0.15) is 19.3 Å². The van der Waals surface area contributed by atoms with Crippen LogP contribution in [-0.4, -0.2) is 72.9 Å². The molecule has 0 saturated carbocycles. The molecule has 0 bridgehead atoms. The molecule has 0 aromatic rings. The van der Waals surface area contributed by atoms with E-state index < -0.39 is 10.2 Å². The first-order valence-corrected chi connectivity index (χ1v) is 8.97. The summed E-state index contributed by atoms with van der Waals surface area (Å²) in [6.45, 7) is 3.95. The first-order chi connectivity index (χ1) is 10.1. The summed E-state index contributed by atoms with van der Waals surface area (Å²) < 4.78 is 38.5. The molecule has 1 fully saturated rings. The summed E-state index contributed by atoms with van der Waals surface area (Å²) in [5, 5.41) is 3.34. The lowest BCUT2D eigenvalue weighted by Gasteiger charge is -2.24. The van der Waals surface area contributed by atoms with E-state index in [1.165, 1.54) is 17.1 Å². The van der Waals surface area contributed by atoms with Crippen LogP contribution in [0.3, 0.4) is 0 Å². The van der Waals surface area contributed by atoms with Crippen LogP contribution in [0.4, 0.5) is 0 Å². The lowest BCUT2D eigenvalue weighted by Crippen LogP contribution is -2.44. The van der Waals surface area contributed by atoms with E-state index in [1.54, 1.807) is 14.2 Å². The molecule has 1 saturated heterocycles. The van der Waals surface area contributed by atoms with Gasteiger partial charge in [0.1, 0.15) is 0 Å². The average molecular weight is 360 g/mol. The molecule has 0 amide bonds. The highest BCUT2D eigenvalue weighted by Gasteiger charge is 2.21. The van der Waals surface area contributed by atoms with E-state index in [2.05, 4.69) is 10.0 Å². The number of nitrogens with one attached hydrogen (secondary N) is 2. The number of rotatable bonds is 11. The normalized spacial score (nSPS) is 19.1. The van der Waals surface area contributed by atoms with E-state index in [-0.39, 0.29) is 12.4 Å². The van der Waals surface area contributed by atoms with Crippen LogP contribution in [-0.2, 0) is 19.7 Å². The minimum Gasteiger partial charge on any atom is -0.383 e. The molecule has 1 aliphatic rings. The number of methoxy groups -OCH3 is 2. The molecule has 1 aliphatic heterocycles. The SMILES string of the molecule is COCCN(CCOC)S(=O)(=O)NCCC1CCCNC1.Cl. The van der Waals surface area contributed by atoms with Gasteiger partial charge in [0.15, 0.2) is 0 Å². The summed E-state index contributed by atoms with van der Waals surface area (Å²) in [6.07, 6.45) is 3.21. The van der Waals surface area contributed by atoms with Gasteiger partial charge in [0.25, 0.3) is 10.2 Å². The zero-order chi connectivity index (χ0) is 15.6. The van der Waals surface area contributed by atoms with Gasteiger partial charge in [0.2, 0.25) is 0 Å². The lowest BCUT2D eigenvalue weighted by molar-refractivity contribution is 0.149.